The van der Waals surface area contributed by atoms with Crippen molar-refractivity contribution in [3.63, 3.8) is 0 Å². The molecule has 5 heteroatoms. The van der Waals surface area contributed by atoms with E-state index in [0.29, 0.717) is 5.02 Å². The van der Waals surface area contributed by atoms with Gasteiger partial charge in [-0.2, -0.15) is 0 Å². The van der Waals surface area contributed by atoms with Gasteiger partial charge in [-0.3, -0.25) is 0 Å². The Hall–Kier alpha value is -1.00. The fourth-order valence-electron chi connectivity index (χ4n) is 2.45. The molecule has 1 fully saturated rings. The number of para-hydroxylation sites is 1. The first-order valence-corrected chi connectivity index (χ1v) is 6.32. The van der Waals surface area contributed by atoms with Crippen molar-refractivity contribution in [2.45, 2.75) is 25.1 Å². The van der Waals surface area contributed by atoms with Crippen LogP contribution in [0.25, 0.3) is 0 Å². The summed E-state index contributed by atoms with van der Waals surface area (Å²) in [6.07, 6.45) is 0.858. The summed E-state index contributed by atoms with van der Waals surface area (Å²) in [4.78, 5) is 1.95. The topological polar surface area (TPSA) is 24.5 Å². The van der Waals surface area contributed by atoms with Crippen LogP contribution in [0.15, 0.2) is 18.2 Å². The number of ether oxygens (including phenoxy) is 1. The van der Waals surface area contributed by atoms with Crippen LogP contribution in [0.3, 0.4) is 0 Å². The third-order valence-corrected chi connectivity index (χ3v) is 4.28. The molecule has 1 aromatic carbocycles. The molecule has 0 spiro atoms. The van der Waals surface area contributed by atoms with E-state index in [2.05, 4.69) is 5.32 Å². The van der Waals surface area contributed by atoms with Gasteiger partial charge in [0.2, 0.25) is 0 Å². The van der Waals surface area contributed by atoms with E-state index in [9.17, 15) is 0 Å². The van der Waals surface area contributed by atoms with Crippen LogP contribution in [-0.2, 0) is 0 Å². The van der Waals surface area contributed by atoms with Crippen LogP contribution in [0.5, 0.6) is 5.75 Å². The Morgan fingerprint density at radius 1 is 1.59 bits per heavy atom. The number of halogens is 1. The quantitative estimate of drug-likeness (QED) is 0.732. The van der Waals surface area contributed by atoms with Gasteiger partial charge in [-0.15, -0.1) is 0 Å². The summed E-state index contributed by atoms with van der Waals surface area (Å²) in [5, 5.41) is 4.70. The maximum absolute atomic E-state index is 6.20. The van der Waals surface area contributed by atoms with E-state index < -0.39 is 5.72 Å². The SMILES string of the molecule is CN1C(=S)NC2CC1(C)Oc1c(Cl)cccc12. The Morgan fingerprint density at radius 3 is 3.12 bits per heavy atom. The van der Waals surface area contributed by atoms with E-state index in [4.69, 9.17) is 28.6 Å². The molecule has 2 heterocycles. The van der Waals surface area contributed by atoms with Gasteiger partial charge in [0.25, 0.3) is 0 Å². The number of rotatable bonds is 0. The van der Waals surface area contributed by atoms with Crippen molar-refractivity contribution in [1.29, 1.82) is 0 Å². The molecule has 2 aliphatic heterocycles. The smallest absolute Gasteiger partial charge is 0.184 e. The number of hydrogen-bond donors (Lipinski definition) is 1. The highest BCUT2D eigenvalue weighted by Crippen LogP contribution is 2.46. The highest BCUT2D eigenvalue weighted by molar-refractivity contribution is 7.80. The number of hydrogen-bond acceptors (Lipinski definition) is 2. The lowest BCUT2D eigenvalue weighted by atomic mass is 9.91. The summed E-state index contributed by atoms with van der Waals surface area (Å²) in [5.74, 6) is 0.773. The standard InChI is InChI=1S/C12H13ClN2OS/c1-12-6-9(14-11(17)15(12)2)7-4-3-5-8(13)10(7)16-12/h3-5,9H,6H2,1-2H3,(H,14,17). The molecule has 2 aliphatic rings. The summed E-state index contributed by atoms with van der Waals surface area (Å²) in [5.41, 5.74) is 0.677. The molecular weight excluding hydrogens is 256 g/mol. The van der Waals surface area contributed by atoms with Crippen molar-refractivity contribution >= 4 is 28.9 Å². The zero-order valence-corrected chi connectivity index (χ0v) is 11.2. The van der Waals surface area contributed by atoms with Crippen LogP contribution in [-0.4, -0.2) is 22.8 Å². The lowest BCUT2D eigenvalue weighted by Crippen LogP contribution is -2.63. The van der Waals surface area contributed by atoms with Crippen molar-refractivity contribution in [3.05, 3.63) is 28.8 Å². The average Bonchev–Trinajstić information content (AvgIpc) is 2.28. The maximum Gasteiger partial charge on any atom is 0.184 e. The van der Waals surface area contributed by atoms with Gasteiger partial charge in [-0.1, -0.05) is 23.7 Å². The molecule has 0 saturated carbocycles. The second-order valence-corrected chi connectivity index (χ2v) is 5.49. The van der Waals surface area contributed by atoms with Crippen LogP contribution in [0, 0.1) is 0 Å². The zero-order valence-electron chi connectivity index (χ0n) is 9.66. The molecule has 2 unspecified atom stereocenters. The molecular formula is C12H13ClN2OS. The maximum atomic E-state index is 6.20. The number of nitrogens with zero attached hydrogens (tertiary/aromatic N) is 1. The molecule has 0 aliphatic carbocycles. The minimum Gasteiger partial charge on any atom is -0.466 e. The lowest BCUT2D eigenvalue weighted by molar-refractivity contribution is -0.0561. The first kappa shape index (κ1) is 11.1. The molecule has 1 aromatic rings. The molecule has 0 amide bonds. The number of fused-ring (bicyclic) bond motifs is 4. The fourth-order valence-corrected chi connectivity index (χ4v) is 3.01. The largest absolute Gasteiger partial charge is 0.466 e. The summed E-state index contributed by atoms with van der Waals surface area (Å²) < 4.78 is 6.07. The minimum atomic E-state index is -0.412. The molecule has 90 valence electrons. The van der Waals surface area contributed by atoms with Gasteiger partial charge in [0.15, 0.2) is 10.8 Å². The van der Waals surface area contributed by atoms with Crippen molar-refractivity contribution in [3.8, 4) is 5.75 Å². The minimum absolute atomic E-state index is 0.186. The Labute approximate surface area is 111 Å². The van der Waals surface area contributed by atoms with Crippen molar-refractivity contribution in [2.75, 3.05) is 7.05 Å². The third-order valence-electron chi connectivity index (χ3n) is 3.59. The zero-order chi connectivity index (χ0) is 12.2. The first-order valence-electron chi connectivity index (χ1n) is 5.53. The Morgan fingerprint density at radius 2 is 2.35 bits per heavy atom. The van der Waals surface area contributed by atoms with E-state index in [1.807, 2.05) is 37.1 Å². The van der Waals surface area contributed by atoms with E-state index in [-0.39, 0.29) is 6.04 Å². The second-order valence-electron chi connectivity index (χ2n) is 4.70. The van der Waals surface area contributed by atoms with Crippen LogP contribution < -0.4 is 10.1 Å². The Bertz CT molecular complexity index is 507. The predicted octanol–water partition coefficient (Wildman–Crippen LogP) is 2.70. The summed E-state index contributed by atoms with van der Waals surface area (Å²) in [7, 11) is 1.94. The average molecular weight is 269 g/mol. The molecule has 2 bridgehead atoms. The van der Waals surface area contributed by atoms with Gasteiger partial charge < -0.3 is 15.0 Å². The molecule has 3 nitrogen and oxygen atoms in total. The molecule has 2 atom stereocenters. The molecule has 3 rings (SSSR count). The molecule has 0 aromatic heterocycles. The number of thiocarbonyl (C=S) groups is 1. The van der Waals surface area contributed by atoms with E-state index in [0.717, 1.165) is 22.8 Å². The molecule has 1 saturated heterocycles. The van der Waals surface area contributed by atoms with Gasteiger partial charge in [0.05, 0.1) is 11.1 Å². The van der Waals surface area contributed by atoms with Gasteiger partial charge in [-0.25, -0.2) is 0 Å². The lowest BCUT2D eigenvalue weighted by Gasteiger charge is -2.51. The normalized spacial score (nSPS) is 30.4. The number of nitrogens with one attached hydrogen (secondary N) is 1. The van der Waals surface area contributed by atoms with Gasteiger partial charge in [-0.05, 0) is 25.2 Å². The van der Waals surface area contributed by atoms with Crippen molar-refractivity contribution in [2.24, 2.45) is 0 Å². The van der Waals surface area contributed by atoms with E-state index in [1.165, 1.54) is 0 Å². The molecule has 17 heavy (non-hydrogen) atoms. The van der Waals surface area contributed by atoms with Crippen molar-refractivity contribution in [1.82, 2.24) is 10.2 Å². The third kappa shape index (κ3) is 1.51. The van der Waals surface area contributed by atoms with E-state index >= 15 is 0 Å². The summed E-state index contributed by atoms with van der Waals surface area (Å²) in [6, 6.07) is 6.01. The highest BCUT2D eigenvalue weighted by atomic mass is 35.5. The van der Waals surface area contributed by atoms with E-state index in [1.54, 1.807) is 0 Å². The summed E-state index contributed by atoms with van der Waals surface area (Å²) in [6.45, 7) is 2.04. The van der Waals surface area contributed by atoms with Gasteiger partial charge in [0, 0.05) is 19.0 Å². The Kier molecular flexibility index (Phi) is 2.28. The highest BCUT2D eigenvalue weighted by Gasteiger charge is 2.46. The van der Waals surface area contributed by atoms with Crippen LogP contribution in [0.1, 0.15) is 24.9 Å². The number of benzene rings is 1. The second kappa shape index (κ2) is 3.50. The van der Waals surface area contributed by atoms with Crippen LogP contribution >= 0.6 is 23.8 Å². The summed E-state index contributed by atoms with van der Waals surface area (Å²) >= 11 is 11.5. The molecule has 0 radical (unpaired) electrons. The van der Waals surface area contributed by atoms with Crippen molar-refractivity contribution < 1.29 is 4.74 Å². The monoisotopic (exact) mass is 268 g/mol. The van der Waals surface area contributed by atoms with Gasteiger partial charge in [0.1, 0.15) is 5.75 Å². The molecule has 1 N–H and O–H groups in total. The first-order chi connectivity index (χ1) is 8.01. The fraction of sp³-hybridized carbons (Fsp3) is 0.417. The van der Waals surface area contributed by atoms with Gasteiger partial charge >= 0.3 is 0 Å². The van der Waals surface area contributed by atoms with Crippen LogP contribution in [0.4, 0.5) is 0 Å². The van der Waals surface area contributed by atoms with Crippen LogP contribution in [0.2, 0.25) is 5.02 Å². The Balaban J connectivity index is 2.15. The predicted molar refractivity (Wildman–Crippen MR) is 71.3 cm³/mol.